The van der Waals surface area contributed by atoms with Gasteiger partial charge in [0.05, 0.1) is 6.61 Å². The van der Waals surface area contributed by atoms with E-state index in [4.69, 9.17) is 10.8 Å². The topological polar surface area (TPSA) is 49.5 Å². The second-order valence-corrected chi connectivity index (χ2v) is 4.34. The van der Waals surface area contributed by atoms with Crippen LogP contribution in [0.15, 0.2) is 30.3 Å². The quantitative estimate of drug-likeness (QED) is 0.809. The Morgan fingerprint density at radius 1 is 1.21 bits per heavy atom. The van der Waals surface area contributed by atoms with E-state index < -0.39 is 0 Å². The average Bonchev–Trinajstić information content (AvgIpc) is 2.41. The molecule has 0 aliphatic heterocycles. The van der Waals surface area contributed by atoms with Gasteiger partial charge >= 0.3 is 0 Å². The number of hydrogen-bond donors (Lipinski definition) is 2. The Morgan fingerprint density at radius 3 is 2.26 bits per heavy atom. The Balaban J connectivity index is 0.00000324. The number of anilines is 1. The monoisotopic (exact) mass is 284 g/mol. The van der Waals surface area contributed by atoms with Gasteiger partial charge < -0.3 is 15.7 Å². The third-order valence-electron chi connectivity index (χ3n) is 3.01. The van der Waals surface area contributed by atoms with Crippen molar-refractivity contribution in [2.75, 3.05) is 24.6 Å². The van der Waals surface area contributed by atoms with Crippen LogP contribution < -0.4 is 10.6 Å². The number of aliphatic hydroxyl groups is 1. The van der Waals surface area contributed by atoms with Crippen LogP contribution in [0.1, 0.15) is 25.8 Å². The largest absolute Gasteiger partial charge is 0.395 e. The summed E-state index contributed by atoms with van der Waals surface area (Å²) in [6.07, 6.45) is 4.75. The zero-order valence-electron chi connectivity index (χ0n) is 11.7. The van der Waals surface area contributed by atoms with Crippen molar-refractivity contribution in [3.05, 3.63) is 35.9 Å². The van der Waals surface area contributed by atoms with E-state index in [2.05, 4.69) is 43.0 Å². The zero-order valence-corrected chi connectivity index (χ0v) is 12.6. The van der Waals surface area contributed by atoms with Gasteiger partial charge in [-0.1, -0.05) is 24.3 Å². The van der Waals surface area contributed by atoms with Crippen molar-refractivity contribution in [3.8, 4) is 0 Å². The van der Waals surface area contributed by atoms with Crippen LogP contribution in [0.5, 0.6) is 0 Å². The molecule has 0 bridgehead atoms. The van der Waals surface area contributed by atoms with E-state index in [0.29, 0.717) is 6.42 Å². The Morgan fingerprint density at radius 2 is 1.79 bits per heavy atom. The van der Waals surface area contributed by atoms with E-state index in [9.17, 15) is 0 Å². The Kier molecular flexibility index (Phi) is 9.31. The molecule has 108 valence electrons. The lowest BCUT2D eigenvalue weighted by molar-refractivity contribution is 0.267. The molecule has 0 aliphatic carbocycles. The number of hydrogen-bond acceptors (Lipinski definition) is 3. The lowest BCUT2D eigenvalue weighted by Gasteiger charge is -2.20. The van der Waals surface area contributed by atoms with Crippen molar-refractivity contribution < 1.29 is 5.11 Å². The first-order valence-electron chi connectivity index (χ1n) is 6.59. The van der Waals surface area contributed by atoms with Crippen LogP contribution in [-0.2, 0) is 0 Å². The van der Waals surface area contributed by atoms with Crippen LogP contribution in [0, 0.1) is 0 Å². The third kappa shape index (κ3) is 6.10. The fourth-order valence-electron chi connectivity index (χ4n) is 1.84. The highest BCUT2D eigenvalue weighted by Crippen LogP contribution is 2.15. The second-order valence-electron chi connectivity index (χ2n) is 4.34. The summed E-state index contributed by atoms with van der Waals surface area (Å²) in [7, 11) is 0. The Hall–Kier alpha value is -1.03. The molecule has 0 saturated carbocycles. The number of benzene rings is 1. The molecule has 0 aliphatic rings. The molecule has 1 atom stereocenters. The molecule has 1 aromatic carbocycles. The van der Waals surface area contributed by atoms with Crippen LogP contribution in [0.2, 0.25) is 0 Å². The molecule has 0 fully saturated rings. The summed E-state index contributed by atoms with van der Waals surface area (Å²) in [6, 6.07) is 8.33. The summed E-state index contributed by atoms with van der Waals surface area (Å²) in [5, 5.41) is 8.82. The molecule has 4 heteroatoms. The molecule has 0 radical (unpaired) electrons. The number of aliphatic hydroxyl groups excluding tert-OH is 1. The van der Waals surface area contributed by atoms with Crippen molar-refractivity contribution in [2.24, 2.45) is 5.73 Å². The van der Waals surface area contributed by atoms with Crippen LogP contribution in [0.25, 0.3) is 6.08 Å². The molecule has 0 amide bonds. The highest BCUT2D eigenvalue weighted by molar-refractivity contribution is 5.85. The maximum absolute atomic E-state index is 8.82. The minimum absolute atomic E-state index is 0. The molecule has 19 heavy (non-hydrogen) atoms. The summed E-state index contributed by atoms with van der Waals surface area (Å²) in [4.78, 5) is 2.31. The van der Waals surface area contributed by atoms with Gasteiger partial charge in [-0.15, -0.1) is 12.4 Å². The van der Waals surface area contributed by atoms with Crippen molar-refractivity contribution in [2.45, 2.75) is 26.3 Å². The van der Waals surface area contributed by atoms with Gasteiger partial charge in [0, 0.05) is 24.8 Å². The minimum Gasteiger partial charge on any atom is -0.395 e. The fourth-order valence-corrected chi connectivity index (χ4v) is 1.84. The molecule has 1 aromatic rings. The van der Waals surface area contributed by atoms with Gasteiger partial charge in [0.15, 0.2) is 0 Å². The highest BCUT2D eigenvalue weighted by atomic mass is 35.5. The Labute approximate surface area is 122 Å². The smallest absolute Gasteiger partial charge is 0.0585 e. The van der Waals surface area contributed by atoms with Gasteiger partial charge in [0.1, 0.15) is 0 Å². The summed E-state index contributed by atoms with van der Waals surface area (Å²) < 4.78 is 0. The average molecular weight is 285 g/mol. The Bertz CT molecular complexity index is 361. The van der Waals surface area contributed by atoms with Gasteiger partial charge in [-0.05, 0) is 38.0 Å². The normalized spacial score (nSPS) is 12.2. The van der Waals surface area contributed by atoms with Crippen LogP contribution >= 0.6 is 12.4 Å². The first kappa shape index (κ1) is 18.0. The van der Waals surface area contributed by atoms with Gasteiger partial charge in [0.25, 0.3) is 0 Å². The van der Waals surface area contributed by atoms with Crippen LogP contribution in [0.4, 0.5) is 5.69 Å². The van der Waals surface area contributed by atoms with Crippen molar-refractivity contribution >= 4 is 24.2 Å². The first-order chi connectivity index (χ1) is 8.71. The number of nitrogens with zero attached hydrogens (tertiary/aromatic N) is 1. The summed E-state index contributed by atoms with van der Waals surface area (Å²) in [5.41, 5.74) is 8.05. The first-order valence-corrected chi connectivity index (χ1v) is 6.59. The number of nitrogens with two attached hydrogens (primary N) is 1. The number of halogens is 1. The summed E-state index contributed by atoms with van der Waals surface area (Å²) in [5.74, 6) is 0. The number of rotatable bonds is 7. The fraction of sp³-hybridized carbons (Fsp3) is 0.467. The van der Waals surface area contributed by atoms with E-state index in [1.165, 1.54) is 5.69 Å². The van der Waals surface area contributed by atoms with Crippen molar-refractivity contribution in [1.29, 1.82) is 0 Å². The molecule has 0 spiro atoms. The van der Waals surface area contributed by atoms with Crippen LogP contribution in [-0.4, -0.2) is 30.8 Å². The predicted octanol–water partition coefficient (Wildman–Crippen LogP) is 2.68. The van der Waals surface area contributed by atoms with Crippen molar-refractivity contribution in [1.82, 2.24) is 0 Å². The molecular formula is C15H25ClN2O. The standard InChI is InChI=1S/C15H24N2O.ClH/c1-3-17(4-2)15-10-8-13(9-11-15)6-5-7-14(16)12-18;/h5-6,8-11,14,18H,3-4,7,12,16H2,1-2H3;1H/b6-5+;. The SMILES string of the molecule is CCN(CC)c1ccc(/C=C/CC(N)CO)cc1.Cl. The minimum atomic E-state index is -0.156. The molecule has 0 aromatic heterocycles. The summed E-state index contributed by atoms with van der Waals surface area (Å²) >= 11 is 0. The zero-order chi connectivity index (χ0) is 13.4. The van der Waals surface area contributed by atoms with E-state index in [-0.39, 0.29) is 25.1 Å². The van der Waals surface area contributed by atoms with Crippen molar-refractivity contribution in [3.63, 3.8) is 0 Å². The molecule has 1 rings (SSSR count). The maximum Gasteiger partial charge on any atom is 0.0585 e. The van der Waals surface area contributed by atoms with Gasteiger partial charge in [-0.25, -0.2) is 0 Å². The third-order valence-corrected chi connectivity index (χ3v) is 3.01. The summed E-state index contributed by atoms with van der Waals surface area (Å²) in [6.45, 7) is 6.40. The molecule has 3 nitrogen and oxygen atoms in total. The lowest BCUT2D eigenvalue weighted by atomic mass is 10.1. The molecule has 1 unspecified atom stereocenters. The van der Waals surface area contributed by atoms with E-state index in [0.717, 1.165) is 18.7 Å². The molecular weight excluding hydrogens is 260 g/mol. The van der Waals surface area contributed by atoms with E-state index >= 15 is 0 Å². The highest BCUT2D eigenvalue weighted by Gasteiger charge is 2.00. The predicted molar refractivity (Wildman–Crippen MR) is 86.0 cm³/mol. The van der Waals surface area contributed by atoms with Gasteiger partial charge in [-0.3, -0.25) is 0 Å². The molecule has 0 saturated heterocycles. The maximum atomic E-state index is 8.82. The van der Waals surface area contributed by atoms with Gasteiger partial charge in [0.2, 0.25) is 0 Å². The van der Waals surface area contributed by atoms with Crippen LogP contribution in [0.3, 0.4) is 0 Å². The van der Waals surface area contributed by atoms with Gasteiger partial charge in [-0.2, -0.15) is 0 Å². The second kappa shape index (κ2) is 9.84. The molecule has 0 heterocycles. The molecule has 3 N–H and O–H groups in total. The van der Waals surface area contributed by atoms with E-state index in [1.807, 2.05) is 12.2 Å². The lowest BCUT2D eigenvalue weighted by Crippen LogP contribution is -2.22. The van der Waals surface area contributed by atoms with E-state index in [1.54, 1.807) is 0 Å².